The molecule has 1 atom stereocenters. The van der Waals surface area contributed by atoms with Gasteiger partial charge in [-0.2, -0.15) is 0 Å². The van der Waals surface area contributed by atoms with Crippen LogP contribution in [0.5, 0.6) is 0 Å². The molecule has 0 aromatic carbocycles. The van der Waals surface area contributed by atoms with Crippen LogP contribution >= 0.6 is 0 Å². The molecule has 4 heteroatoms. The number of hydrogen-bond donors (Lipinski definition) is 0. The van der Waals surface area contributed by atoms with Gasteiger partial charge in [0.1, 0.15) is 0 Å². The number of hydrogen-bond acceptors (Lipinski definition) is 4. The van der Waals surface area contributed by atoms with Gasteiger partial charge < -0.3 is 19.6 Å². The third-order valence-electron chi connectivity index (χ3n) is 4.93. The van der Waals surface area contributed by atoms with E-state index in [-0.39, 0.29) is 0 Å². The van der Waals surface area contributed by atoms with E-state index in [4.69, 9.17) is 0 Å². The van der Waals surface area contributed by atoms with E-state index < -0.39 is 0 Å². The number of piperidine rings is 1. The van der Waals surface area contributed by atoms with E-state index in [1.54, 1.807) is 0 Å². The van der Waals surface area contributed by atoms with Crippen LogP contribution in [0.3, 0.4) is 0 Å². The van der Waals surface area contributed by atoms with E-state index in [9.17, 15) is 0 Å². The predicted molar refractivity (Wildman–Crippen MR) is 109 cm³/mol. The Hall–Kier alpha value is -0.160. The van der Waals surface area contributed by atoms with Crippen molar-refractivity contribution in [2.75, 3.05) is 80.5 Å². The summed E-state index contributed by atoms with van der Waals surface area (Å²) >= 11 is 0. The minimum absolute atomic E-state index is 0.949. The molecule has 4 nitrogen and oxygen atoms in total. The zero-order chi connectivity index (χ0) is 18.4. The van der Waals surface area contributed by atoms with E-state index in [0.717, 1.165) is 5.92 Å². The average molecular weight is 343 g/mol. The summed E-state index contributed by atoms with van der Waals surface area (Å²) in [5.41, 5.74) is 0. The van der Waals surface area contributed by atoms with Gasteiger partial charge in [-0.05, 0) is 73.0 Å². The molecule has 3 saturated heterocycles. The molecule has 24 heavy (non-hydrogen) atoms. The van der Waals surface area contributed by atoms with Crippen LogP contribution in [0.25, 0.3) is 0 Å². The summed E-state index contributed by atoms with van der Waals surface area (Å²) in [6, 6.07) is 0. The van der Waals surface area contributed by atoms with E-state index in [1.165, 1.54) is 78.0 Å². The third-order valence-corrected chi connectivity index (χ3v) is 4.93. The highest BCUT2D eigenvalue weighted by Gasteiger charge is 2.13. The molecule has 146 valence electrons. The normalized spacial score (nSPS) is 26.4. The summed E-state index contributed by atoms with van der Waals surface area (Å²) in [6.07, 6.45) is 5.67. The van der Waals surface area contributed by atoms with Crippen LogP contribution in [-0.2, 0) is 0 Å². The fourth-order valence-electron chi connectivity index (χ4n) is 3.11. The highest BCUT2D eigenvalue weighted by atomic mass is 15.2. The van der Waals surface area contributed by atoms with Crippen LogP contribution in [0.4, 0.5) is 0 Å². The molecule has 0 saturated carbocycles. The van der Waals surface area contributed by atoms with Gasteiger partial charge in [0.2, 0.25) is 0 Å². The molecule has 0 N–H and O–H groups in total. The minimum Gasteiger partial charge on any atom is -0.306 e. The second-order valence-electron chi connectivity index (χ2n) is 7.63. The van der Waals surface area contributed by atoms with E-state index in [1.807, 2.05) is 13.8 Å². The Morgan fingerprint density at radius 1 is 0.542 bits per heavy atom. The Morgan fingerprint density at radius 3 is 1.17 bits per heavy atom. The van der Waals surface area contributed by atoms with Crippen molar-refractivity contribution in [1.82, 2.24) is 19.6 Å². The molecule has 0 aliphatic carbocycles. The summed E-state index contributed by atoms with van der Waals surface area (Å²) in [4.78, 5) is 9.49. The molecule has 1 unspecified atom stereocenters. The van der Waals surface area contributed by atoms with Gasteiger partial charge in [0.25, 0.3) is 0 Å². The first-order valence-corrected chi connectivity index (χ1v) is 10.2. The largest absolute Gasteiger partial charge is 0.306 e. The van der Waals surface area contributed by atoms with Gasteiger partial charge in [-0.1, -0.05) is 27.2 Å². The van der Waals surface area contributed by atoms with Crippen molar-refractivity contribution in [2.45, 2.75) is 46.5 Å². The quantitative estimate of drug-likeness (QED) is 0.671. The van der Waals surface area contributed by atoms with E-state index >= 15 is 0 Å². The standard InChI is InChI=1S/C6H14N2.2C6H13N.C2H6/c1-7-3-5-8(2)6-4-7;1-6-3-4-7(2)5-6;1-7-5-3-2-4-6-7;1-2/h3-6H2,1-2H3;6H,3-5H2,1-2H3;2-6H2,1H3;1-2H3. The number of rotatable bonds is 0. The average Bonchev–Trinajstić information content (AvgIpc) is 2.97. The lowest BCUT2D eigenvalue weighted by molar-refractivity contribution is 0.181. The van der Waals surface area contributed by atoms with Crippen molar-refractivity contribution in [3.63, 3.8) is 0 Å². The Labute approximate surface area is 153 Å². The molecule has 3 aliphatic heterocycles. The lowest BCUT2D eigenvalue weighted by atomic mass is 10.1. The number of likely N-dealkylation sites (tertiary alicyclic amines) is 2. The van der Waals surface area contributed by atoms with Gasteiger partial charge in [-0.3, -0.25) is 0 Å². The summed E-state index contributed by atoms with van der Waals surface area (Å²) < 4.78 is 0. The Bertz CT molecular complexity index is 236. The van der Waals surface area contributed by atoms with Crippen LogP contribution in [0.1, 0.15) is 46.5 Å². The highest BCUT2D eigenvalue weighted by Crippen LogP contribution is 2.11. The van der Waals surface area contributed by atoms with Crippen molar-refractivity contribution in [3.05, 3.63) is 0 Å². The summed E-state index contributed by atoms with van der Waals surface area (Å²) in [7, 11) is 8.72. The van der Waals surface area contributed by atoms with Crippen molar-refractivity contribution in [2.24, 2.45) is 5.92 Å². The first kappa shape index (κ1) is 23.8. The minimum atomic E-state index is 0.949. The molecule has 3 aliphatic rings. The van der Waals surface area contributed by atoms with E-state index in [2.05, 4.69) is 54.7 Å². The maximum Gasteiger partial charge on any atom is 0.0107 e. The van der Waals surface area contributed by atoms with Crippen molar-refractivity contribution in [3.8, 4) is 0 Å². The first-order valence-electron chi connectivity index (χ1n) is 10.2. The van der Waals surface area contributed by atoms with Gasteiger partial charge in [-0.15, -0.1) is 0 Å². The Morgan fingerprint density at radius 2 is 0.958 bits per heavy atom. The van der Waals surface area contributed by atoms with Crippen LogP contribution in [-0.4, -0.2) is 100 Å². The maximum absolute atomic E-state index is 2.39. The topological polar surface area (TPSA) is 13.0 Å². The Kier molecular flexibility index (Phi) is 15.0. The maximum atomic E-state index is 2.39. The molecule has 0 bridgehead atoms. The Balaban J connectivity index is 0.000000315. The molecular formula is C20H46N4. The molecule has 0 amide bonds. The summed E-state index contributed by atoms with van der Waals surface area (Å²) in [6.45, 7) is 16.5. The SMILES string of the molecule is CC.CC1CCN(C)C1.CN1CCCCC1.CN1CCN(C)CC1. The van der Waals surface area contributed by atoms with Gasteiger partial charge in [0, 0.05) is 32.7 Å². The van der Waals surface area contributed by atoms with Crippen LogP contribution in [0, 0.1) is 5.92 Å². The number of piperazine rings is 1. The van der Waals surface area contributed by atoms with Crippen molar-refractivity contribution in [1.29, 1.82) is 0 Å². The third kappa shape index (κ3) is 13.2. The van der Waals surface area contributed by atoms with E-state index in [0.29, 0.717) is 0 Å². The smallest absolute Gasteiger partial charge is 0.0107 e. The molecule has 3 heterocycles. The molecule has 3 fully saturated rings. The van der Waals surface area contributed by atoms with Crippen LogP contribution in [0.2, 0.25) is 0 Å². The molecular weight excluding hydrogens is 296 g/mol. The summed E-state index contributed by atoms with van der Waals surface area (Å²) in [5, 5.41) is 0. The molecule has 0 aromatic rings. The van der Waals surface area contributed by atoms with Crippen LogP contribution < -0.4 is 0 Å². The fraction of sp³-hybridized carbons (Fsp3) is 1.00. The lowest BCUT2D eigenvalue weighted by Gasteiger charge is -2.28. The zero-order valence-electron chi connectivity index (χ0n) is 17.9. The zero-order valence-corrected chi connectivity index (χ0v) is 17.9. The number of likely N-dealkylation sites (N-methyl/N-ethyl adjacent to an activating group) is 2. The first-order chi connectivity index (χ1) is 11.5. The highest BCUT2D eigenvalue weighted by molar-refractivity contribution is 4.67. The summed E-state index contributed by atoms with van der Waals surface area (Å²) in [5.74, 6) is 0.949. The van der Waals surface area contributed by atoms with Crippen LogP contribution in [0.15, 0.2) is 0 Å². The second kappa shape index (κ2) is 15.1. The predicted octanol–water partition coefficient (Wildman–Crippen LogP) is 2.95. The lowest BCUT2D eigenvalue weighted by Crippen LogP contribution is -2.42. The van der Waals surface area contributed by atoms with Crippen molar-refractivity contribution < 1.29 is 0 Å². The molecule has 0 radical (unpaired) electrons. The second-order valence-corrected chi connectivity index (χ2v) is 7.63. The van der Waals surface area contributed by atoms with Gasteiger partial charge >= 0.3 is 0 Å². The van der Waals surface area contributed by atoms with Gasteiger partial charge in [0.15, 0.2) is 0 Å². The van der Waals surface area contributed by atoms with Gasteiger partial charge in [-0.25, -0.2) is 0 Å². The monoisotopic (exact) mass is 342 g/mol. The number of nitrogens with zero attached hydrogens (tertiary/aromatic N) is 4. The molecule has 0 spiro atoms. The molecule has 3 rings (SSSR count). The van der Waals surface area contributed by atoms with Gasteiger partial charge in [0.05, 0.1) is 0 Å². The fourth-order valence-corrected chi connectivity index (χ4v) is 3.11. The molecule has 0 aromatic heterocycles. The van der Waals surface area contributed by atoms with Crippen molar-refractivity contribution >= 4 is 0 Å².